The number of nitrogens with one attached hydrogen (secondary N) is 2. The summed E-state index contributed by atoms with van der Waals surface area (Å²) in [5.74, 6) is -0.873. The van der Waals surface area contributed by atoms with Crippen LogP contribution in [-0.2, 0) is 21.4 Å². The van der Waals surface area contributed by atoms with Gasteiger partial charge in [-0.15, -0.1) is 0 Å². The number of imidazole rings is 1. The van der Waals surface area contributed by atoms with Crippen molar-refractivity contribution in [2.45, 2.75) is 38.1 Å². The zero-order chi connectivity index (χ0) is 38.9. The SMILES string of the molecule is COc1cc(N2CC(c3ccc4c(c3)n(C)c(=O)n4C3CCC(=O)NC3=O)C2)ccc1-c1cc(C2=CCCN(C(C)=O)C2)c(F)c2[nH]c(C(=O)N(C)C)cc12. The maximum absolute atomic E-state index is 16.4. The molecule has 4 amide bonds. The minimum absolute atomic E-state index is 0.0772. The van der Waals surface area contributed by atoms with Crippen molar-refractivity contribution in [2.75, 3.05) is 52.3 Å². The number of imide groups is 1. The lowest BCUT2D eigenvalue weighted by atomic mass is 9.89. The van der Waals surface area contributed by atoms with Crippen molar-refractivity contribution in [3.05, 3.63) is 87.7 Å². The number of halogens is 1. The van der Waals surface area contributed by atoms with E-state index in [-0.39, 0.29) is 59.9 Å². The summed E-state index contributed by atoms with van der Waals surface area (Å²) in [5, 5.41) is 2.89. The highest BCUT2D eigenvalue weighted by molar-refractivity contribution is 6.05. The van der Waals surface area contributed by atoms with Crippen molar-refractivity contribution in [1.82, 2.24) is 29.2 Å². The van der Waals surface area contributed by atoms with Gasteiger partial charge in [0.25, 0.3) is 5.91 Å². The molecule has 1 atom stereocenters. The first-order chi connectivity index (χ1) is 26.3. The van der Waals surface area contributed by atoms with E-state index in [0.717, 1.165) is 35.4 Å². The van der Waals surface area contributed by atoms with Gasteiger partial charge in [0.15, 0.2) is 5.82 Å². The van der Waals surface area contributed by atoms with E-state index in [9.17, 15) is 24.0 Å². The summed E-state index contributed by atoms with van der Waals surface area (Å²) in [6.07, 6.45) is 3.03. The zero-order valence-corrected chi connectivity index (χ0v) is 31.4. The van der Waals surface area contributed by atoms with E-state index >= 15 is 4.39 Å². The van der Waals surface area contributed by atoms with Gasteiger partial charge < -0.3 is 24.4 Å². The number of aromatic nitrogens is 3. The van der Waals surface area contributed by atoms with Gasteiger partial charge in [-0.3, -0.25) is 33.6 Å². The van der Waals surface area contributed by atoms with Crippen molar-refractivity contribution in [2.24, 2.45) is 7.05 Å². The Balaban J connectivity index is 1.10. The van der Waals surface area contributed by atoms with E-state index in [1.807, 2.05) is 42.5 Å². The number of amides is 4. The number of H-pyrrole nitrogens is 1. The van der Waals surface area contributed by atoms with Crippen molar-refractivity contribution >= 4 is 56.8 Å². The van der Waals surface area contributed by atoms with E-state index < -0.39 is 17.8 Å². The van der Waals surface area contributed by atoms with Crippen LogP contribution in [0.5, 0.6) is 5.75 Å². The predicted octanol–water partition coefficient (Wildman–Crippen LogP) is 4.55. The third-order valence-electron chi connectivity index (χ3n) is 11.3. The van der Waals surface area contributed by atoms with Gasteiger partial charge in [0.05, 0.1) is 23.7 Å². The molecular weight excluding hydrogens is 705 g/mol. The van der Waals surface area contributed by atoms with Gasteiger partial charge in [0.1, 0.15) is 17.5 Å². The first kappa shape index (κ1) is 35.8. The van der Waals surface area contributed by atoms with Gasteiger partial charge in [-0.25, -0.2) is 9.18 Å². The molecule has 2 aromatic heterocycles. The number of benzene rings is 3. The summed E-state index contributed by atoms with van der Waals surface area (Å²) in [5.41, 5.74) is 6.02. The molecule has 2 saturated heterocycles. The fraction of sp³-hybridized carbons (Fsp3) is 0.341. The molecule has 1 unspecified atom stereocenters. The van der Waals surface area contributed by atoms with Gasteiger partial charge >= 0.3 is 5.69 Å². The molecule has 2 N–H and O–H groups in total. The van der Waals surface area contributed by atoms with Gasteiger partial charge in [-0.2, -0.15) is 0 Å². The average Bonchev–Trinajstić information content (AvgIpc) is 3.70. The standard InChI is InChI=1S/C41H42FN7O6/c1-22(50)47-14-6-7-24(19-47)28-17-29(30-18-31(40(53)45(2)3)43-38(30)37(28)42)27-10-9-26(16-35(27)55-5)48-20-25(21-48)23-8-11-32-34(15-23)46(4)41(54)49(32)33-12-13-36(51)44-39(33)52/h7-11,15-18,25,33,43H,6,12-14,19-21H2,1-5H3,(H,44,51,52). The number of ether oxygens (including phenoxy) is 1. The monoisotopic (exact) mass is 747 g/mol. The fourth-order valence-corrected chi connectivity index (χ4v) is 8.14. The first-order valence-corrected chi connectivity index (χ1v) is 18.3. The summed E-state index contributed by atoms with van der Waals surface area (Å²) < 4.78 is 25.4. The van der Waals surface area contributed by atoms with E-state index in [2.05, 4.69) is 15.2 Å². The van der Waals surface area contributed by atoms with Crippen LogP contribution in [0.3, 0.4) is 0 Å². The summed E-state index contributed by atoms with van der Waals surface area (Å²) in [6.45, 7) is 3.79. The van der Waals surface area contributed by atoms with Crippen molar-refractivity contribution < 1.29 is 28.3 Å². The molecule has 0 saturated carbocycles. The van der Waals surface area contributed by atoms with Gasteiger partial charge in [0.2, 0.25) is 17.7 Å². The third-order valence-corrected chi connectivity index (χ3v) is 11.3. The van der Waals surface area contributed by atoms with Crippen LogP contribution < -0.4 is 20.6 Å². The number of nitrogens with zero attached hydrogens (tertiary/aromatic N) is 5. The van der Waals surface area contributed by atoms with Crippen LogP contribution in [0.1, 0.15) is 59.8 Å². The molecule has 5 aromatic rings. The predicted molar refractivity (Wildman–Crippen MR) is 207 cm³/mol. The Bertz CT molecular complexity index is 2540. The molecule has 0 spiro atoms. The Labute approximate surface area is 315 Å². The van der Waals surface area contributed by atoms with Crippen LogP contribution in [0.4, 0.5) is 10.1 Å². The molecule has 5 heterocycles. The number of carbonyl (C=O) groups excluding carboxylic acids is 4. The highest BCUT2D eigenvalue weighted by Gasteiger charge is 2.33. The largest absolute Gasteiger partial charge is 0.496 e. The maximum Gasteiger partial charge on any atom is 0.329 e. The van der Waals surface area contributed by atoms with Crippen LogP contribution in [0.25, 0.3) is 38.6 Å². The Morgan fingerprint density at radius 3 is 2.45 bits per heavy atom. The molecular formula is C41H42FN7O6. The number of fused-ring (bicyclic) bond motifs is 2. The number of piperidine rings is 1. The number of carbonyl (C=O) groups is 4. The van der Waals surface area contributed by atoms with Crippen molar-refractivity contribution in [3.63, 3.8) is 0 Å². The number of rotatable bonds is 7. The third kappa shape index (κ3) is 6.05. The van der Waals surface area contributed by atoms with E-state index in [1.54, 1.807) is 49.9 Å². The second kappa shape index (κ2) is 13.6. The van der Waals surface area contributed by atoms with Gasteiger partial charge in [-0.05, 0) is 65.9 Å². The number of aryl methyl sites for hydroxylation is 1. The lowest BCUT2D eigenvalue weighted by molar-refractivity contribution is -0.135. The molecule has 284 valence electrons. The number of aromatic amines is 1. The maximum atomic E-state index is 16.4. The van der Waals surface area contributed by atoms with Crippen molar-refractivity contribution in [3.8, 4) is 16.9 Å². The molecule has 14 heteroatoms. The molecule has 2 fully saturated rings. The molecule has 3 aliphatic rings. The highest BCUT2D eigenvalue weighted by atomic mass is 19.1. The molecule has 0 bridgehead atoms. The van der Waals surface area contributed by atoms with Crippen LogP contribution in [-0.4, -0.2) is 94.9 Å². The minimum Gasteiger partial charge on any atom is -0.496 e. The Kier molecular flexibility index (Phi) is 8.85. The van der Waals surface area contributed by atoms with E-state index in [0.29, 0.717) is 46.3 Å². The second-order valence-electron chi connectivity index (χ2n) is 14.8. The Hall–Kier alpha value is -6.18. The topological polar surface area (TPSA) is 142 Å². The van der Waals surface area contributed by atoms with E-state index in [4.69, 9.17) is 4.74 Å². The summed E-state index contributed by atoms with van der Waals surface area (Å²) in [7, 11) is 6.57. The zero-order valence-electron chi connectivity index (χ0n) is 31.4. The summed E-state index contributed by atoms with van der Waals surface area (Å²) >= 11 is 0. The van der Waals surface area contributed by atoms with Crippen LogP contribution in [0.15, 0.2) is 59.4 Å². The number of hydrogen-bond donors (Lipinski definition) is 2. The minimum atomic E-state index is -0.740. The second-order valence-corrected chi connectivity index (χ2v) is 14.8. The average molecular weight is 748 g/mol. The van der Waals surface area contributed by atoms with Crippen LogP contribution >= 0.6 is 0 Å². The highest BCUT2D eigenvalue weighted by Crippen LogP contribution is 2.43. The van der Waals surface area contributed by atoms with Gasteiger partial charge in [0, 0.05) is 94.9 Å². The number of methoxy groups -OCH3 is 1. The van der Waals surface area contributed by atoms with Crippen molar-refractivity contribution in [1.29, 1.82) is 0 Å². The molecule has 0 aliphatic carbocycles. The summed E-state index contributed by atoms with van der Waals surface area (Å²) in [4.78, 5) is 71.3. The lowest BCUT2D eigenvalue weighted by Crippen LogP contribution is -2.45. The molecule has 13 nitrogen and oxygen atoms in total. The summed E-state index contributed by atoms with van der Waals surface area (Å²) in [6, 6.07) is 14.5. The molecule has 8 rings (SSSR count). The molecule has 0 radical (unpaired) electrons. The van der Waals surface area contributed by atoms with Crippen LogP contribution in [0, 0.1) is 5.82 Å². The quantitative estimate of drug-likeness (QED) is 0.233. The molecule has 3 aromatic carbocycles. The first-order valence-electron chi connectivity index (χ1n) is 18.3. The Morgan fingerprint density at radius 2 is 1.75 bits per heavy atom. The lowest BCUT2D eigenvalue weighted by Gasteiger charge is -2.41. The van der Waals surface area contributed by atoms with Gasteiger partial charge in [-0.1, -0.05) is 12.1 Å². The normalized spacial score (nSPS) is 17.7. The van der Waals surface area contributed by atoms with E-state index in [1.165, 1.54) is 16.4 Å². The molecule has 3 aliphatic heterocycles. The fourth-order valence-electron chi connectivity index (χ4n) is 8.14. The number of hydrogen-bond acceptors (Lipinski definition) is 7. The smallest absolute Gasteiger partial charge is 0.329 e. The number of anilines is 1. The molecule has 55 heavy (non-hydrogen) atoms. The van der Waals surface area contributed by atoms with Crippen LogP contribution in [0.2, 0.25) is 0 Å². The Morgan fingerprint density at radius 1 is 0.964 bits per heavy atom.